The van der Waals surface area contributed by atoms with Gasteiger partial charge in [-0.3, -0.25) is 0 Å². The maximum Gasteiger partial charge on any atom is 0.0509 e. The number of hydrogen-bond donors (Lipinski definition) is 2. The Bertz CT molecular complexity index is 377. The highest BCUT2D eigenvalue weighted by Crippen LogP contribution is 2.31. The van der Waals surface area contributed by atoms with Gasteiger partial charge in [0.1, 0.15) is 0 Å². The first-order valence-corrected chi connectivity index (χ1v) is 16.5. The minimum atomic E-state index is -0.226. The van der Waals surface area contributed by atoms with Crippen molar-refractivity contribution >= 4 is 0 Å². The highest BCUT2D eigenvalue weighted by molar-refractivity contribution is 4.78. The number of aliphatic hydroxyl groups excluding tert-OH is 2. The Labute approximate surface area is 222 Å². The number of hydrogen-bond acceptors (Lipinski definition) is 2. The molecule has 0 aromatic heterocycles. The van der Waals surface area contributed by atoms with Crippen LogP contribution in [-0.4, -0.2) is 23.4 Å². The molecule has 0 atom stereocenters. The molecule has 0 radical (unpaired) electrons. The van der Waals surface area contributed by atoms with Crippen LogP contribution in [0.2, 0.25) is 0 Å². The van der Waals surface area contributed by atoms with Gasteiger partial charge in [0, 0.05) is 5.41 Å². The molecule has 2 nitrogen and oxygen atoms in total. The molecule has 0 rings (SSSR count). The zero-order chi connectivity index (χ0) is 25.7. The van der Waals surface area contributed by atoms with Gasteiger partial charge in [0.15, 0.2) is 0 Å². The molecule has 0 aromatic rings. The van der Waals surface area contributed by atoms with Gasteiger partial charge in [0.2, 0.25) is 0 Å². The molecule has 2 heteroatoms. The van der Waals surface area contributed by atoms with Gasteiger partial charge in [-0.25, -0.2) is 0 Å². The van der Waals surface area contributed by atoms with Crippen LogP contribution < -0.4 is 0 Å². The molecule has 0 bridgehead atoms. The van der Waals surface area contributed by atoms with Crippen LogP contribution in [0.15, 0.2) is 0 Å². The van der Waals surface area contributed by atoms with Gasteiger partial charge in [0.25, 0.3) is 0 Å². The summed E-state index contributed by atoms with van der Waals surface area (Å²) in [5, 5.41) is 20.0. The summed E-state index contributed by atoms with van der Waals surface area (Å²) in [5.41, 5.74) is -0.226. The van der Waals surface area contributed by atoms with Crippen LogP contribution in [0.25, 0.3) is 0 Å². The highest BCUT2D eigenvalue weighted by Gasteiger charge is 2.27. The third-order valence-corrected chi connectivity index (χ3v) is 8.29. The molecule has 0 aromatic carbocycles. The van der Waals surface area contributed by atoms with Crippen molar-refractivity contribution < 1.29 is 10.2 Å². The molecule has 0 unspecified atom stereocenters. The average molecular weight is 497 g/mol. The first kappa shape index (κ1) is 34.9. The fourth-order valence-corrected chi connectivity index (χ4v) is 5.53. The van der Waals surface area contributed by atoms with Gasteiger partial charge in [-0.1, -0.05) is 181 Å². The molecule has 0 aliphatic rings. The van der Waals surface area contributed by atoms with Crippen molar-refractivity contribution in [3.8, 4) is 0 Å². The van der Waals surface area contributed by atoms with E-state index in [0.29, 0.717) is 0 Å². The Morgan fingerprint density at radius 1 is 0.314 bits per heavy atom. The summed E-state index contributed by atoms with van der Waals surface area (Å²) in [7, 11) is 0. The quantitative estimate of drug-likeness (QED) is 0.0970. The van der Waals surface area contributed by atoms with Crippen molar-refractivity contribution in [1.29, 1.82) is 0 Å². The third kappa shape index (κ3) is 24.0. The molecule has 0 aliphatic carbocycles. The SMILES string of the molecule is CCCCCCCCCCCCCCCCCCC(CO)(CO)CCCCCCCCCCCC. The largest absolute Gasteiger partial charge is 0.396 e. The summed E-state index contributed by atoms with van der Waals surface area (Å²) in [4.78, 5) is 0. The van der Waals surface area contributed by atoms with Crippen LogP contribution in [0.4, 0.5) is 0 Å². The Kier molecular flexibility index (Phi) is 28.4. The van der Waals surface area contributed by atoms with Crippen molar-refractivity contribution in [2.45, 2.75) is 194 Å². The Morgan fingerprint density at radius 3 is 0.714 bits per heavy atom. The molecular formula is C33H68O2. The van der Waals surface area contributed by atoms with E-state index in [4.69, 9.17) is 0 Å². The minimum Gasteiger partial charge on any atom is -0.396 e. The summed E-state index contributed by atoms with van der Waals surface area (Å²) >= 11 is 0. The van der Waals surface area contributed by atoms with Crippen LogP contribution in [-0.2, 0) is 0 Å². The van der Waals surface area contributed by atoms with Crippen molar-refractivity contribution in [2.75, 3.05) is 13.2 Å². The Morgan fingerprint density at radius 2 is 0.514 bits per heavy atom. The lowest BCUT2D eigenvalue weighted by atomic mass is 9.79. The molecule has 0 heterocycles. The fraction of sp³-hybridized carbons (Fsp3) is 1.00. The lowest BCUT2D eigenvalue weighted by Crippen LogP contribution is -2.29. The summed E-state index contributed by atoms with van der Waals surface area (Å²) in [6.45, 7) is 4.87. The fourth-order valence-electron chi connectivity index (χ4n) is 5.53. The first-order valence-electron chi connectivity index (χ1n) is 16.5. The standard InChI is InChI=1S/C33H68O2/c1-3-5-7-9-11-13-15-16-17-18-19-20-22-24-26-28-30-33(31-34,32-35)29-27-25-23-21-14-12-10-8-6-4-2/h34-35H,3-32H2,1-2H3. The molecule has 35 heavy (non-hydrogen) atoms. The molecule has 2 N–H and O–H groups in total. The van der Waals surface area contributed by atoms with E-state index in [1.54, 1.807) is 0 Å². The summed E-state index contributed by atoms with van der Waals surface area (Å²) in [6, 6.07) is 0. The van der Waals surface area contributed by atoms with Crippen LogP contribution >= 0.6 is 0 Å². The van der Waals surface area contributed by atoms with E-state index in [-0.39, 0.29) is 18.6 Å². The van der Waals surface area contributed by atoms with Gasteiger partial charge >= 0.3 is 0 Å². The highest BCUT2D eigenvalue weighted by atomic mass is 16.3. The molecule has 0 spiro atoms. The maximum absolute atomic E-state index is 9.99. The summed E-state index contributed by atoms with van der Waals surface area (Å²) in [6.07, 6.45) is 37.6. The Hall–Kier alpha value is -0.0800. The second-order valence-corrected chi connectivity index (χ2v) is 11.8. The van der Waals surface area contributed by atoms with E-state index in [1.807, 2.05) is 0 Å². The van der Waals surface area contributed by atoms with Crippen LogP contribution in [0.1, 0.15) is 194 Å². The van der Waals surface area contributed by atoms with Gasteiger partial charge in [0.05, 0.1) is 13.2 Å². The topological polar surface area (TPSA) is 40.5 Å². The second-order valence-electron chi connectivity index (χ2n) is 11.8. The van der Waals surface area contributed by atoms with E-state index in [2.05, 4.69) is 13.8 Å². The maximum atomic E-state index is 9.99. The first-order chi connectivity index (χ1) is 17.2. The second kappa shape index (κ2) is 28.5. The monoisotopic (exact) mass is 497 g/mol. The zero-order valence-electron chi connectivity index (χ0n) is 24.6. The number of rotatable bonds is 30. The van der Waals surface area contributed by atoms with E-state index in [0.717, 1.165) is 25.7 Å². The summed E-state index contributed by atoms with van der Waals surface area (Å²) in [5.74, 6) is 0. The van der Waals surface area contributed by atoms with E-state index >= 15 is 0 Å². The van der Waals surface area contributed by atoms with Gasteiger partial charge in [-0.2, -0.15) is 0 Å². The van der Waals surface area contributed by atoms with Crippen molar-refractivity contribution in [2.24, 2.45) is 5.41 Å². The van der Waals surface area contributed by atoms with Crippen molar-refractivity contribution in [3.63, 3.8) is 0 Å². The molecule has 0 aliphatic heterocycles. The average Bonchev–Trinajstić information content (AvgIpc) is 2.88. The van der Waals surface area contributed by atoms with Crippen molar-refractivity contribution in [3.05, 3.63) is 0 Å². The molecule has 0 saturated carbocycles. The smallest absolute Gasteiger partial charge is 0.0509 e. The predicted octanol–water partition coefficient (Wildman–Crippen LogP) is 10.9. The zero-order valence-corrected chi connectivity index (χ0v) is 24.6. The van der Waals surface area contributed by atoms with Crippen LogP contribution in [0.5, 0.6) is 0 Å². The number of unbranched alkanes of at least 4 members (excludes halogenated alkanes) is 24. The molecular weight excluding hydrogens is 428 g/mol. The van der Waals surface area contributed by atoms with Crippen LogP contribution in [0, 0.1) is 5.41 Å². The van der Waals surface area contributed by atoms with Crippen LogP contribution in [0.3, 0.4) is 0 Å². The summed E-state index contributed by atoms with van der Waals surface area (Å²) < 4.78 is 0. The van der Waals surface area contributed by atoms with Crippen molar-refractivity contribution in [1.82, 2.24) is 0 Å². The predicted molar refractivity (Wildman–Crippen MR) is 157 cm³/mol. The normalized spacial score (nSPS) is 12.0. The third-order valence-electron chi connectivity index (χ3n) is 8.29. The number of aliphatic hydroxyl groups is 2. The lowest BCUT2D eigenvalue weighted by molar-refractivity contribution is 0.0353. The Balaban J connectivity index is 3.53. The van der Waals surface area contributed by atoms with E-state index in [1.165, 1.54) is 154 Å². The lowest BCUT2D eigenvalue weighted by Gasteiger charge is -2.30. The molecule has 0 fully saturated rings. The molecule has 212 valence electrons. The van der Waals surface area contributed by atoms with E-state index in [9.17, 15) is 10.2 Å². The molecule has 0 amide bonds. The van der Waals surface area contributed by atoms with E-state index < -0.39 is 0 Å². The van der Waals surface area contributed by atoms with Gasteiger partial charge in [-0.15, -0.1) is 0 Å². The minimum absolute atomic E-state index is 0.152. The molecule has 0 saturated heterocycles. The van der Waals surface area contributed by atoms with Gasteiger partial charge < -0.3 is 10.2 Å². The van der Waals surface area contributed by atoms with Gasteiger partial charge in [-0.05, 0) is 12.8 Å².